The number of aromatic nitrogens is 2. The van der Waals surface area contributed by atoms with Crippen molar-refractivity contribution >= 4 is 28.5 Å². The maximum absolute atomic E-state index is 11.2. The minimum Gasteiger partial charge on any atom is -0.469 e. The highest BCUT2D eigenvalue weighted by molar-refractivity contribution is 6.32. The Bertz CT molecular complexity index is 903. The van der Waals surface area contributed by atoms with E-state index in [0.29, 0.717) is 6.42 Å². The van der Waals surface area contributed by atoms with Crippen molar-refractivity contribution in [2.24, 2.45) is 0 Å². The number of aromatic amines is 1. The lowest BCUT2D eigenvalue weighted by molar-refractivity contribution is -0.140. The highest BCUT2D eigenvalue weighted by Gasteiger charge is 2.15. The lowest BCUT2D eigenvalue weighted by Gasteiger charge is -2.08. The molecule has 0 radical (unpaired) electrons. The van der Waals surface area contributed by atoms with E-state index in [1.54, 1.807) is 6.20 Å². The first-order valence-electron chi connectivity index (χ1n) is 8.88. The van der Waals surface area contributed by atoms with Gasteiger partial charge in [-0.1, -0.05) is 18.0 Å². The summed E-state index contributed by atoms with van der Waals surface area (Å²) >= 11 is 6.52. The third-order valence-electron chi connectivity index (χ3n) is 4.75. The van der Waals surface area contributed by atoms with E-state index in [1.807, 2.05) is 24.4 Å². The standard InChI is InChI=1S/C21H23ClN2O2/c1-14-20-16(8-4-3-5-9-19(25)26-2)17(22)10-11-18(20)24-21(14)15-7-6-12-23-13-15/h6-7,10-13,24H,3-5,8-9H2,1-2H3. The highest BCUT2D eigenvalue weighted by Crippen LogP contribution is 2.35. The third kappa shape index (κ3) is 3.91. The summed E-state index contributed by atoms with van der Waals surface area (Å²) in [7, 11) is 1.43. The van der Waals surface area contributed by atoms with Gasteiger partial charge in [-0.05, 0) is 61.6 Å². The Morgan fingerprint density at radius 2 is 2.08 bits per heavy atom. The molecule has 1 aromatic carbocycles. The van der Waals surface area contributed by atoms with Crippen molar-refractivity contribution in [3.05, 3.63) is 52.8 Å². The first kappa shape index (κ1) is 18.5. The Kier molecular flexibility index (Phi) is 5.94. The number of methoxy groups -OCH3 is 1. The number of nitrogens with zero attached hydrogens (tertiary/aromatic N) is 1. The lowest BCUT2D eigenvalue weighted by Crippen LogP contribution is -1.99. The average Bonchev–Trinajstić information content (AvgIpc) is 3.00. The number of ether oxygens (including phenoxy) is 1. The van der Waals surface area contributed by atoms with Crippen LogP contribution < -0.4 is 0 Å². The Morgan fingerprint density at radius 3 is 2.81 bits per heavy atom. The van der Waals surface area contributed by atoms with Gasteiger partial charge in [0.25, 0.3) is 0 Å². The van der Waals surface area contributed by atoms with E-state index in [9.17, 15) is 4.79 Å². The van der Waals surface area contributed by atoms with Crippen LogP contribution in [0, 0.1) is 6.92 Å². The van der Waals surface area contributed by atoms with Crippen LogP contribution in [0.5, 0.6) is 0 Å². The van der Waals surface area contributed by atoms with Gasteiger partial charge in [0, 0.05) is 40.3 Å². The van der Waals surface area contributed by atoms with Crippen LogP contribution in [0.1, 0.15) is 36.8 Å². The normalized spacial score (nSPS) is 11.0. The number of fused-ring (bicyclic) bond motifs is 1. The van der Waals surface area contributed by atoms with E-state index >= 15 is 0 Å². The quantitative estimate of drug-likeness (QED) is 0.443. The second kappa shape index (κ2) is 8.37. The van der Waals surface area contributed by atoms with Crippen LogP contribution in [0.25, 0.3) is 22.2 Å². The Balaban J connectivity index is 1.82. The minimum atomic E-state index is -0.146. The molecule has 0 saturated carbocycles. The van der Waals surface area contributed by atoms with E-state index in [2.05, 4.69) is 27.7 Å². The maximum Gasteiger partial charge on any atom is 0.305 e. The second-order valence-electron chi connectivity index (χ2n) is 6.45. The molecule has 0 fully saturated rings. The van der Waals surface area contributed by atoms with Gasteiger partial charge in [-0.2, -0.15) is 0 Å². The van der Waals surface area contributed by atoms with Gasteiger partial charge in [-0.15, -0.1) is 0 Å². The smallest absolute Gasteiger partial charge is 0.305 e. The Hall–Kier alpha value is -2.33. The van der Waals surface area contributed by atoms with Crippen molar-refractivity contribution in [2.45, 2.75) is 39.0 Å². The topological polar surface area (TPSA) is 55.0 Å². The number of aryl methyl sites for hydroxylation is 2. The molecule has 0 spiro atoms. The number of hydrogen-bond donors (Lipinski definition) is 1. The van der Waals surface area contributed by atoms with Crippen LogP contribution in [-0.2, 0) is 16.0 Å². The van der Waals surface area contributed by atoms with Gasteiger partial charge >= 0.3 is 5.97 Å². The fourth-order valence-electron chi connectivity index (χ4n) is 3.40. The molecule has 5 heteroatoms. The maximum atomic E-state index is 11.2. The molecule has 0 unspecified atom stereocenters. The van der Waals surface area contributed by atoms with E-state index in [4.69, 9.17) is 11.6 Å². The lowest BCUT2D eigenvalue weighted by atomic mass is 9.99. The van der Waals surface area contributed by atoms with Crippen molar-refractivity contribution in [2.75, 3.05) is 7.11 Å². The number of H-pyrrole nitrogens is 1. The molecule has 0 aliphatic rings. The third-order valence-corrected chi connectivity index (χ3v) is 5.11. The zero-order valence-electron chi connectivity index (χ0n) is 15.1. The molecule has 26 heavy (non-hydrogen) atoms. The van der Waals surface area contributed by atoms with Crippen LogP contribution in [0.15, 0.2) is 36.7 Å². The molecule has 0 aliphatic heterocycles. The summed E-state index contributed by atoms with van der Waals surface area (Å²) < 4.78 is 4.68. The second-order valence-corrected chi connectivity index (χ2v) is 6.86. The summed E-state index contributed by atoms with van der Waals surface area (Å²) in [6.07, 6.45) is 7.81. The van der Waals surface area contributed by atoms with Crippen LogP contribution in [-0.4, -0.2) is 23.0 Å². The van der Waals surface area contributed by atoms with E-state index in [0.717, 1.165) is 47.5 Å². The molecule has 0 amide bonds. The van der Waals surface area contributed by atoms with Crippen molar-refractivity contribution in [3.8, 4) is 11.3 Å². The first-order chi connectivity index (χ1) is 12.6. The molecule has 0 atom stereocenters. The van der Waals surface area contributed by atoms with E-state index in [-0.39, 0.29) is 5.97 Å². The summed E-state index contributed by atoms with van der Waals surface area (Å²) in [4.78, 5) is 18.9. The van der Waals surface area contributed by atoms with Crippen LogP contribution in [0.4, 0.5) is 0 Å². The molecule has 1 N–H and O–H groups in total. The molecule has 2 aromatic heterocycles. The SMILES string of the molecule is COC(=O)CCCCCc1c(Cl)ccc2[nH]c(-c3cccnc3)c(C)c12. The highest BCUT2D eigenvalue weighted by atomic mass is 35.5. The molecular weight excluding hydrogens is 348 g/mol. The number of esters is 1. The van der Waals surface area contributed by atoms with Crippen molar-refractivity contribution in [3.63, 3.8) is 0 Å². The fourth-order valence-corrected chi connectivity index (χ4v) is 3.65. The number of carbonyl (C=O) groups is 1. The predicted molar refractivity (Wildman–Crippen MR) is 105 cm³/mol. The molecule has 0 saturated heterocycles. The monoisotopic (exact) mass is 370 g/mol. The van der Waals surface area contributed by atoms with Crippen LogP contribution in [0.2, 0.25) is 5.02 Å². The number of carbonyl (C=O) groups excluding carboxylic acids is 1. The first-order valence-corrected chi connectivity index (χ1v) is 9.26. The number of unbranched alkanes of at least 4 members (excludes halogenated alkanes) is 2. The molecule has 0 bridgehead atoms. The van der Waals surface area contributed by atoms with Crippen LogP contribution in [0.3, 0.4) is 0 Å². The van der Waals surface area contributed by atoms with E-state index in [1.165, 1.54) is 23.6 Å². The largest absolute Gasteiger partial charge is 0.469 e. The van der Waals surface area contributed by atoms with Crippen molar-refractivity contribution < 1.29 is 9.53 Å². The fraction of sp³-hybridized carbons (Fsp3) is 0.333. The molecular formula is C21H23ClN2O2. The van der Waals surface area contributed by atoms with Gasteiger partial charge in [0.2, 0.25) is 0 Å². The van der Waals surface area contributed by atoms with Gasteiger partial charge in [-0.25, -0.2) is 0 Å². The Morgan fingerprint density at radius 1 is 1.23 bits per heavy atom. The number of rotatable bonds is 7. The molecule has 136 valence electrons. The van der Waals surface area contributed by atoms with Gasteiger partial charge in [0.05, 0.1) is 12.8 Å². The molecule has 2 heterocycles. The number of benzene rings is 1. The van der Waals surface area contributed by atoms with E-state index < -0.39 is 0 Å². The van der Waals surface area contributed by atoms with Gasteiger partial charge in [0.15, 0.2) is 0 Å². The summed E-state index contributed by atoms with van der Waals surface area (Å²) in [6.45, 7) is 2.12. The minimum absolute atomic E-state index is 0.146. The number of hydrogen-bond acceptors (Lipinski definition) is 3. The number of halogens is 1. The number of pyridine rings is 1. The van der Waals surface area contributed by atoms with Crippen molar-refractivity contribution in [1.82, 2.24) is 9.97 Å². The van der Waals surface area contributed by atoms with Gasteiger partial charge in [-0.3, -0.25) is 9.78 Å². The number of nitrogens with one attached hydrogen (secondary N) is 1. The summed E-state index contributed by atoms with van der Waals surface area (Å²) in [5, 5.41) is 2.00. The molecule has 3 rings (SSSR count). The molecule has 3 aromatic rings. The molecule has 0 aliphatic carbocycles. The summed E-state index contributed by atoms with van der Waals surface area (Å²) in [6, 6.07) is 7.98. The Labute approximate surface area is 158 Å². The average molecular weight is 371 g/mol. The van der Waals surface area contributed by atoms with Gasteiger partial charge in [0.1, 0.15) is 0 Å². The molecule has 4 nitrogen and oxygen atoms in total. The summed E-state index contributed by atoms with van der Waals surface area (Å²) in [5.74, 6) is -0.146. The predicted octanol–water partition coefficient (Wildman–Crippen LogP) is 5.47. The van der Waals surface area contributed by atoms with Gasteiger partial charge < -0.3 is 9.72 Å². The zero-order valence-corrected chi connectivity index (χ0v) is 15.9. The van der Waals surface area contributed by atoms with Crippen LogP contribution >= 0.6 is 11.6 Å². The summed E-state index contributed by atoms with van der Waals surface area (Å²) in [5.41, 5.74) is 5.62. The van der Waals surface area contributed by atoms with Crippen molar-refractivity contribution in [1.29, 1.82) is 0 Å². The zero-order chi connectivity index (χ0) is 18.5.